The molecule has 1 fully saturated rings. The summed E-state index contributed by atoms with van der Waals surface area (Å²) in [5.74, 6) is -2.94. The molecule has 9 nitrogen and oxygen atoms in total. The lowest BCUT2D eigenvalue weighted by atomic mass is 9.83. The van der Waals surface area contributed by atoms with Crippen molar-refractivity contribution in [1.29, 1.82) is 0 Å². The van der Waals surface area contributed by atoms with Crippen molar-refractivity contribution in [3.8, 4) is 0 Å². The number of aliphatic hydroxyl groups is 5. The average molecular weight is 301 g/mol. The van der Waals surface area contributed by atoms with Gasteiger partial charge in [0.15, 0.2) is 6.10 Å². The molecule has 21 heavy (non-hydrogen) atoms. The molecule has 0 unspecified atom stereocenters. The molecule has 1 aliphatic heterocycles. The number of benzene rings is 1. The Morgan fingerprint density at radius 2 is 1.81 bits per heavy atom. The lowest BCUT2D eigenvalue weighted by Crippen LogP contribution is -2.74. The molecule has 0 spiro atoms. The van der Waals surface area contributed by atoms with Gasteiger partial charge in [-0.2, -0.15) is 0 Å². The Morgan fingerprint density at radius 1 is 1.24 bits per heavy atom. The summed E-state index contributed by atoms with van der Waals surface area (Å²) in [4.78, 5) is 9.87. The SMILES string of the molecule is O=[N+]([O-])[C@@]1(O)[C@@H](O)[C@@H](O)[C@@H](CO)O[C@]1(O)c1ccccc1. The molecule has 0 radical (unpaired) electrons. The fraction of sp³-hybridized carbons (Fsp3) is 0.500. The van der Waals surface area contributed by atoms with Gasteiger partial charge in [0.1, 0.15) is 12.2 Å². The maximum absolute atomic E-state index is 11.2. The fourth-order valence-corrected chi connectivity index (χ4v) is 2.34. The van der Waals surface area contributed by atoms with E-state index in [-0.39, 0.29) is 5.56 Å². The number of nitro groups is 1. The number of hydrogen-bond acceptors (Lipinski definition) is 8. The highest BCUT2D eigenvalue weighted by Gasteiger charge is 2.73. The van der Waals surface area contributed by atoms with Crippen LogP contribution in [0, 0.1) is 10.1 Å². The van der Waals surface area contributed by atoms with Crippen LogP contribution in [0.4, 0.5) is 0 Å². The van der Waals surface area contributed by atoms with Crippen LogP contribution in [-0.4, -0.2) is 61.1 Å². The zero-order valence-corrected chi connectivity index (χ0v) is 10.7. The van der Waals surface area contributed by atoms with E-state index in [1.165, 1.54) is 24.3 Å². The van der Waals surface area contributed by atoms with E-state index in [9.17, 15) is 30.5 Å². The van der Waals surface area contributed by atoms with Crippen molar-refractivity contribution in [2.45, 2.75) is 29.8 Å². The van der Waals surface area contributed by atoms with Gasteiger partial charge in [-0.3, -0.25) is 10.1 Å². The second kappa shape index (κ2) is 5.30. The third-order valence-corrected chi connectivity index (χ3v) is 3.56. The summed E-state index contributed by atoms with van der Waals surface area (Å²) in [6, 6.07) is 6.92. The van der Waals surface area contributed by atoms with Crippen LogP contribution >= 0.6 is 0 Å². The van der Waals surface area contributed by atoms with Gasteiger partial charge in [0.2, 0.25) is 0 Å². The van der Waals surface area contributed by atoms with Crippen molar-refractivity contribution >= 4 is 0 Å². The fourth-order valence-electron chi connectivity index (χ4n) is 2.34. The van der Waals surface area contributed by atoms with E-state index < -0.39 is 41.4 Å². The molecule has 0 aromatic heterocycles. The third-order valence-electron chi connectivity index (χ3n) is 3.56. The van der Waals surface area contributed by atoms with Gasteiger partial charge >= 0.3 is 5.72 Å². The summed E-state index contributed by atoms with van der Waals surface area (Å²) < 4.78 is 4.97. The molecular weight excluding hydrogens is 286 g/mol. The highest BCUT2D eigenvalue weighted by molar-refractivity contribution is 5.25. The molecule has 1 aliphatic rings. The minimum atomic E-state index is -3.40. The topological polar surface area (TPSA) is 154 Å². The maximum atomic E-state index is 11.2. The quantitative estimate of drug-likeness (QED) is 0.242. The molecule has 1 aromatic carbocycles. The van der Waals surface area contributed by atoms with Gasteiger partial charge in [0, 0.05) is 5.56 Å². The molecule has 116 valence electrons. The summed E-state index contributed by atoms with van der Waals surface area (Å²) in [5.41, 5.74) is -3.60. The molecule has 5 N–H and O–H groups in total. The van der Waals surface area contributed by atoms with Crippen molar-refractivity contribution in [1.82, 2.24) is 0 Å². The van der Waals surface area contributed by atoms with E-state index in [4.69, 9.17) is 9.84 Å². The highest BCUT2D eigenvalue weighted by atomic mass is 16.7. The summed E-state index contributed by atoms with van der Waals surface area (Å²) in [6.07, 6.45) is -5.83. The molecule has 1 saturated heterocycles. The Bertz CT molecular complexity index is 525. The van der Waals surface area contributed by atoms with E-state index in [1.807, 2.05) is 0 Å². The van der Waals surface area contributed by atoms with E-state index >= 15 is 0 Å². The van der Waals surface area contributed by atoms with Crippen molar-refractivity contribution < 1.29 is 35.2 Å². The molecule has 1 aromatic rings. The number of ether oxygens (including phenoxy) is 1. The van der Waals surface area contributed by atoms with Crippen LogP contribution in [0.3, 0.4) is 0 Å². The first-order valence-electron chi connectivity index (χ1n) is 6.08. The van der Waals surface area contributed by atoms with E-state index in [0.717, 1.165) is 0 Å². The lowest BCUT2D eigenvalue weighted by molar-refractivity contribution is -0.698. The predicted octanol–water partition coefficient (Wildman–Crippen LogP) is -2.09. The van der Waals surface area contributed by atoms with E-state index in [1.54, 1.807) is 6.07 Å². The largest absolute Gasteiger partial charge is 0.409 e. The normalized spacial score (nSPS) is 40.0. The second-order valence-electron chi connectivity index (χ2n) is 4.77. The minimum absolute atomic E-state index is 0.200. The van der Waals surface area contributed by atoms with E-state index in [2.05, 4.69) is 0 Å². The summed E-state index contributed by atoms with van der Waals surface area (Å²) in [5, 5.41) is 60.6. The zero-order chi connectivity index (χ0) is 15.8. The van der Waals surface area contributed by atoms with Gasteiger partial charge in [-0.15, -0.1) is 0 Å². The standard InChI is InChI=1S/C12H15NO8/c14-6-8-9(15)10(16)11(17,13(19)20)12(18,21-8)7-4-2-1-3-5-7/h1-5,8-10,14-18H,6H2/t8-,9+,10+,11-,12-/m1/s1. The summed E-state index contributed by atoms with van der Waals surface area (Å²) in [6.45, 7) is -0.818. The number of hydrogen-bond donors (Lipinski definition) is 5. The Hall–Kier alpha value is -1.62. The van der Waals surface area contributed by atoms with Crippen LogP contribution in [0.25, 0.3) is 0 Å². The van der Waals surface area contributed by atoms with Crippen LogP contribution in [0.1, 0.15) is 5.56 Å². The van der Waals surface area contributed by atoms with Gasteiger partial charge in [-0.1, -0.05) is 30.3 Å². The summed E-state index contributed by atoms with van der Waals surface area (Å²) >= 11 is 0. The monoisotopic (exact) mass is 301 g/mol. The van der Waals surface area contributed by atoms with Gasteiger partial charge in [0.05, 0.1) is 11.5 Å². The molecular formula is C12H15NO8. The first kappa shape index (κ1) is 15.8. The minimum Gasteiger partial charge on any atom is -0.394 e. The number of nitrogens with zero attached hydrogens (tertiary/aromatic N) is 1. The van der Waals surface area contributed by atoms with Crippen molar-refractivity contribution in [3.05, 3.63) is 46.0 Å². The van der Waals surface area contributed by atoms with Crippen LogP contribution in [0.15, 0.2) is 30.3 Å². The molecule has 9 heteroatoms. The van der Waals surface area contributed by atoms with Gasteiger partial charge in [-0.25, -0.2) is 0 Å². The predicted molar refractivity (Wildman–Crippen MR) is 66.3 cm³/mol. The zero-order valence-electron chi connectivity index (χ0n) is 10.7. The lowest BCUT2D eigenvalue weighted by Gasteiger charge is -2.46. The van der Waals surface area contributed by atoms with Gasteiger partial charge in [-0.05, 0) is 0 Å². The number of rotatable bonds is 3. The second-order valence-corrected chi connectivity index (χ2v) is 4.77. The third kappa shape index (κ3) is 2.11. The Kier molecular flexibility index (Phi) is 3.97. The Labute approximate surface area is 118 Å². The Morgan fingerprint density at radius 3 is 2.29 bits per heavy atom. The van der Waals surface area contributed by atoms with Crippen molar-refractivity contribution in [3.63, 3.8) is 0 Å². The van der Waals surface area contributed by atoms with Crippen LogP contribution < -0.4 is 0 Å². The number of aliphatic hydroxyl groups excluding tert-OH is 3. The Balaban J connectivity index is 2.61. The van der Waals surface area contributed by atoms with Crippen LogP contribution in [0.2, 0.25) is 0 Å². The van der Waals surface area contributed by atoms with E-state index in [0.29, 0.717) is 0 Å². The van der Waals surface area contributed by atoms with Gasteiger partial charge in [0.25, 0.3) is 5.79 Å². The highest BCUT2D eigenvalue weighted by Crippen LogP contribution is 2.43. The first-order valence-corrected chi connectivity index (χ1v) is 6.08. The van der Waals surface area contributed by atoms with Crippen LogP contribution in [0.5, 0.6) is 0 Å². The van der Waals surface area contributed by atoms with Crippen molar-refractivity contribution in [2.24, 2.45) is 0 Å². The molecule has 0 aliphatic carbocycles. The van der Waals surface area contributed by atoms with Crippen molar-refractivity contribution in [2.75, 3.05) is 6.61 Å². The summed E-state index contributed by atoms with van der Waals surface area (Å²) in [7, 11) is 0. The maximum Gasteiger partial charge on any atom is 0.409 e. The molecule has 5 atom stereocenters. The molecule has 2 rings (SSSR count). The average Bonchev–Trinajstić information content (AvgIpc) is 2.49. The van der Waals surface area contributed by atoms with Gasteiger partial charge < -0.3 is 30.3 Å². The molecule has 0 amide bonds. The smallest absolute Gasteiger partial charge is 0.394 e. The molecule has 0 saturated carbocycles. The first-order chi connectivity index (χ1) is 9.79. The molecule has 0 bridgehead atoms. The van der Waals surface area contributed by atoms with Crippen LogP contribution in [-0.2, 0) is 10.5 Å². The molecule has 1 heterocycles.